The molecule has 0 atom stereocenters. The van der Waals surface area contributed by atoms with E-state index in [-0.39, 0.29) is 5.78 Å². The molecular weight excluding hydrogens is 260 g/mol. The lowest BCUT2D eigenvalue weighted by atomic mass is 9.93. The molecule has 1 heterocycles. The van der Waals surface area contributed by atoms with Gasteiger partial charge in [-0.3, -0.25) is 4.79 Å². The van der Waals surface area contributed by atoms with Gasteiger partial charge in [0.05, 0.1) is 14.2 Å². The molecule has 1 saturated heterocycles. The highest BCUT2D eigenvalue weighted by Gasteiger charge is 2.19. The zero-order valence-corrected chi connectivity index (χ0v) is 12.3. The molecule has 1 aliphatic heterocycles. The number of ketones is 1. The van der Waals surface area contributed by atoms with E-state index in [4.69, 9.17) is 9.47 Å². The van der Waals surface area contributed by atoms with Crippen molar-refractivity contribution in [3.8, 4) is 11.5 Å². The predicted molar refractivity (Wildman–Crippen MR) is 78.5 cm³/mol. The molecule has 4 heteroatoms. The van der Waals surface area contributed by atoms with Crippen LogP contribution in [0.5, 0.6) is 11.5 Å². The van der Waals surface area contributed by atoms with Crippen LogP contribution < -0.4 is 9.47 Å². The van der Waals surface area contributed by atoms with Gasteiger partial charge in [-0.25, -0.2) is 0 Å². The molecule has 0 spiro atoms. The Bertz CT molecular complexity index is 439. The monoisotopic (exact) mass is 280 g/mol. The lowest BCUT2D eigenvalue weighted by Gasteiger charge is -2.20. The van der Waals surface area contributed by atoms with Gasteiger partial charge in [0.15, 0.2) is 17.3 Å². The van der Waals surface area contributed by atoms with Crippen LogP contribution in [0.15, 0.2) is 18.2 Å². The van der Waals surface area contributed by atoms with E-state index >= 15 is 0 Å². The van der Waals surface area contributed by atoms with Crippen LogP contribution in [0.3, 0.4) is 0 Å². The Labute approximate surface area is 118 Å². The van der Waals surface area contributed by atoms with Crippen LogP contribution in [-0.2, 0) is 0 Å². The Kier molecular flexibility index (Phi) is 5.14. The molecule has 0 amide bonds. The maximum Gasteiger partial charge on any atom is 0.163 e. The van der Waals surface area contributed by atoms with Gasteiger partial charge in [0.25, 0.3) is 0 Å². The minimum Gasteiger partial charge on any atom is -0.493 e. The van der Waals surface area contributed by atoms with Gasteiger partial charge < -0.3 is 9.47 Å². The summed E-state index contributed by atoms with van der Waals surface area (Å²) >= 11 is 1.98. The fourth-order valence-corrected chi connectivity index (χ4v) is 3.54. The summed E-state index contributed by atoms with van der Waals surface area (Å²) in [7, 11) is 3.18. The molecule has 0 N–H and O–H groups in total. The second kappa shape index (κ2) is 6.85. The Morgan fingerprint density at radius 2 is 1.89 bits per heavy atom. The van der Waals surface area contributed by atoms with Gasteiger partial charge in [-0.15, -0.1) is 0 Å². The summed E-state index contributed by atoms with van der Waals surface area (Å²) in [4.78, 5) is 12.3. The number of carbonyl (C=O) groups excluding carboxylic acids is 1. The normalized spacial score (nSPS) is 16.1. The molecule has 0 saturated carbocycles. The third-order valence-corrected chi connectivity index (χ3v) is 4.57. The van der Waals surface area contributed by atoms with Crippen molar-refractivity contribution in [2.45, 2.75) is 19.3 Å². The number of benzene rings is 1. The molecule has 0 aliphatic carbocycles. The lowest BCUT2D eigenvalue weighted by molar-refractivity contribution is 0.0958. The summed E-state index contributed by atoms with van der Waals surface area (Å²) in [6.07, 6.45) is 2.96. The van der Waals surface area contributed by atoms with E-state index in [1.54, 1.807) is 26.4 Å². The third-order valence-electron chi connectivity index (χ3n) is 3.52. The molecule has 104 valence electrons. The summed E-state index contributed by atoms with van der Waals surface area (Å²) in [6.45, 7) is 0. The Balaban J connectivity index is 2.05. The summed E-state index contributed by atoms with van der Waals surface area (Å²) in [6, 6.07) is 5.39. The number of hydrogen-bond acceptors (Lipinski definition) is 4. The maximum atomic E-state index is 12.3. The zero-order chi connectivity index (χ0) is 13.7. The number of Topliss-reactive ketones (excluding diaryl/α,β-unsaturated/α-hetero) is 1. The van der Waals surface area contributed by atoms with Crippen molar-refractivity contribution in [3.63, 3.8) is 0 Å². The summed E-state index contributed by atoms with van der Waals surface area (Å²) in [5.74, 6) is 4.40. The fourth-order valence-electron chi connectivity index (χ4n) is 2.34. The Morgan fingerprint density at radius 1 is 1.21 bits per heavy atom. The molecule has 1 fully saturated rings. The summed E-state index contributed by atoms with van der Waals surface area (Å²) in [5, 5.41) is 0. The van der Waals surface area contributed by atoms with E-state index in [9.17, 15) is 4.79 Å². The zero-order valence-electron chi connectivity index (χ0n) is 11.5. The molecule has 3 nitrogen and oxygen atoms in total. The molecule has 1 aromatic rings. The molecule has 19 heavy (non-hydrogen) atoms. The molecular formula is C15H20O3S. The van der Waals surface area contributed by atoms with Crippen LogP contribution in [0.4, 0.5) is 0 Å². The standard InChI is InChI=1S/C15H20O3S/c1-17-14-4-3-12(10-15(14)18-2)13(16)9-11-5-7-19-8-6-11/h3-4,10-11H,5-9H2,1-2H3. The summed E-state index contributed by atoms with van der Waals surface area (Å²) < 4.78 is 10.4. The second-order valence-corrected chi connectivity index (χ2v) is 5.98. The molecule has 2 rings (SSSR count). The Hall–Kier alpha value is -1.16. The lowest BCUT2D eigenvalue weighted by Crippen LogP contribution is -2.14. The van der Waals surface area contributed by atoms with Gasteiger partial charge in [0.1, 0.15) is 0 Å². The van der Waals surface area contributed by atoms with Crippen molar-refractivity contribution in [2.75, 3.05) is 25.7 Å². The highest BCUT2D eigenvalue weighted by Crippen LogP contribution is 2.30. The van der Waals surface area contributed by atoms with Crippen LogP contribution in [0.25, 0.3) is 0 Å². The molecule has 1 aromatic carbocycles. The first-order valence-electron chi connectivity index (χ1n) is 6.57. The molecule has 0 aromatic heterocycles. The van der Waals surface area contributed by atoms with Crippen LogP contribution in [0, 0.1) is 5.92 Å². The van der Waals surface area contributed by atoms with E-state index in [0.29, 0.717) is 23.8 Å². The highest BCUT2D eigenvalue weighted by molar-refractivity contribution is 7.99. The first-order chi connectivity index (χ1) is 9.24. The van der Waals surface area contributed by atoms with Crippen molar-refractivity contribution in [1.82, 2.24) is 0 Å². The number of thioether (sulfide) groups is 1. The van der Waals surface area contributed by atoms with Gasteiger partial charge in [-0.1, -0.05) is 0 Å². The predicted octanol–water partition coefficient (Wildman–Crippen LogP) is 3.42. The van der Waals surface area contributed by atoms with Crippen molar-refractivity contribution in [3.05, 3.63) is 23.8 Å². The van der Waals surface area contributed by atoms with Crippen molar-refractivity contribution in [1.29, 1.82) is 0 Å². The van der Waals surface area contributed by atoms with Crippen LogP contribution in [0.1, 0.15) is 29.6 Å². The van der Waals surface area contributed by atoms with E-state index < -0.39 is 0 Å². The van der Waals surface area contributed by atoms with Gasteiger partial charge in [-0.2, -0.15) is 11.8 Å². The van der Waals surface area contributed by atoms with E-state index in [0.717, 1.165) is 18.4 Å². The van der Waals surface area contributed by atoms with Gasteiger partial charge in [0.2, 0.25) is 0 Å². The van der Waals surface area contributed by atoms with E-state index in [1.165, 1.54) is 11.5 Å². The first kappa shape index (κ1) is 14.3. The first-order valence-corrected chi connectivity index (χ1v) is 7.73. The van der Waals surface area contributed by atoms with Crippen molar-refractivity contribution < 1.29 is 14.3 Å². The topological polar surface area (TPSA) is 35.5 Å². The number of rotatable bonds is 5. The number of carbonyl (C=O) groups is 1. The highest BCUT2D eigenvalue weighted by atomic mass is 32.2. The van der Waals surface area contributed by atoms with Gasteiger partial charge >= 0.3 is 0 Å². The minimum absolute atomic E-state index is 0.206. The van der Waals surface area contributed by atoms with Crippen molar-refractivity contribution in [2.24, 2.45) is 5.92 Å². The molecule has 1 aliphatic rings. The largest absolute Gasteiger partial charge is 0.493 e. The van der Waals surface area contributed by atoms with E-state index in [1.807, 2.05) is 17.8 Å². The number of methoxy groups -OCH3 is 2. The van der Waals surface area contributed by atoms with Crippen LogP contribution in [0.2, 0.25) is 0 Å². The average molecular weight is 280 g/mol. The number of ether oxygens (including phenoxy) is 2. The summed E-state index contributed by atoms with van der Waals surface area (Å²) in [5.41, 5.74) is 0.718. The smallest absolute Gasteiger partial charge is 0.163 e. The Morgan fingerprint density at radius 3 is 2.53 bits per heavy atom. The molecule has 0 radical (unpaired) electrons. The molecule has 0 unspecified atom stereocenters. The number of hydrogen-bond donors (Lipinski definition) is 0. The minimum atomic E-state index is 0.206. The molecule has 0 bridgehead atoms. The quantitative estimate of drug-likeness (QED) is 0.774. The van der Waals surface area contributed by atoms with Gasteiger partial charge in [-0.05, 0) is 48.5 Å². The second-order valence-electron chi connectivity index (χ2n) is 4.75. The SMILES string of the molecule is COc1ccc(C(=O)CC2CCSCC2)cc1OC. The fraction of sp³-hybridized carbons (Fsp3) is 0.533. The third kappa shape index (κ3) is 3.66. The van der Waals surface area contributed by atoms with Crippen LogP contribution in [-0.4, -0.2) is 31.5 Å². The maximum absolute atomic E-state index is 12.3. The van der Waals surface area contributed by atoms with Crippen LogP contribution >= 0.6 is 11.8 Å². The van der Waals surface area contributed by atoms with Gasteiger partial charge in [0, 0.05) is 12.0 Å². The average Bonchev–Trinajstić information content (AvgIpc) is 2.47. The van der Waals surface area contributed by atoms with E-state index in [2.05, 4.69) is 0 Å². The van der Waals surface area contributed by atoms with Crippen molar-refractivity contribution >= 4 is 17.5 Å².